The summed E-state index contributed by atoms with van der Waals surface area (Å²) in [6, 6.07) is 8.44. The summed E-state index contributed by atoms with van der Waals surface area (Å²) in [7, 11) is 0. The van der Waals surface area contributed by atoms with Gasteiger partial charge in [-0.1, -0.05) is 25.1 Å². The lowest BCUT2D eigenvalue weighted by Crippen LogP contribution is -2.51. The van der Waals surface area contributed by atoms with Crippen molar-refractivity contribution in [3.05, 3.63) is 68.5 Å². The van der Waals surface area contributed by atoms with Crippen LogP contribution in [0.3, 0.4) is 0 Å². The molecule has 0 saturated carbocycles. The summed E-state index contributed by atoms with van der Waals surface area (Å²) in [5, 5.41) is 10.7. The molecule has 8 nitrogen and oxygen atoms in total. The third kappa shape index (κ3) is 3.47. The molecule has 26 heavy (non-hydrogen) atoms. The molecule has 1 aliphatic heterocycles. The van der Waals surface area contributed by atoms with Crippen LogP contribution >= 0.6 is 0 Å². The van der Waals surface area contributed by atoms with Crippen molar-refractivity contribution in [2.24, 2.45) is 5.92 Å². The van der Waals surface area contributed by atoms with Crippen molar-refractivity contribution in [2.45, 2.75) is 32.3 Å². The van der Waals surface area contributed by atoms with E-state index in [9.17, 15) is 19.5 Å². The Kier molecular flexibility index (Phi) is 5.06. The average molecular weight is 360 g/mol. The largest absolute Gasteiger partial charge is 0.455 e. The van der Waals surface area contributed by atoms with Crippen molar-refractivity contribution in [3.8, 4) is 0 Å². The zero-order valence-electron chi connectivity index (χ0n) is 14.4. The van der Waals surface area contributed by atoms with E-state index in [-0.39, 0.29) is 12.5 Å². The first kappa shape index (κ1) is 18.1. The second-order valence-corrected chi connectivity index (χ2v) is 6.41. The summed E-state index contributed by atoms with van der Waals surface area (Å²) in [4.78, 5) is 38.1. The molecule has 0 radical (unpaired) electrons. The molecule has 1 unspecified atom stereocenters. The van der Waals surface area contributed by atoms with Crippen LogP contribution in [0.4, 0.5) is 0 Å². The van der Waals surface area contributed by atoms with Crippen LogP contribution in [0.2, 0.25) is 0 Å². The standard InChI is InChI=1S/C18H20N2O6/c1-10-8-20(18(24)19-15(10)22)16-13(21)14(11(2)9-25-16)26-17(23)12-6-4-3-5-7-12/h3-8,11,13-14,16,21H,9H2,1-2H3,(H,19,22,24)/t11-,13+,14-,16?/m0/s1. The fourth-order valence-corrected chi connectivity index (χ4v) is 2.91. The number of aryl methyl sites for hydroxylation is 1. The Morgan fingerprint density at radius 1 is 1.31 bits per heavy atom. The first-order valence-electron chi connectivity index (χ1n) is 8.26. The fraction of sp³-hybridized carbons (Fsp3) is 0.389. The third-order valence-corrected chi connectivity index (χ3v) is 4.39. The molecule has 0 aliphatic carbocycles. The first-order valence-corrected chi connectivity index (χ1v) is 8.26. The lowest BCUT2D eigenvalue weighted by molar-refractivity contribution is -0.190. The van der Waals surface area contributed by atoms with E-state index in [2.05, 4.69) is 4.98 Å². The topological polar surface area (TPSA) is 111 Å². The number of benzene rings is 1. The number of carbonyl (C=O) groups is 1. The van der Waals surface area contributed by atoms with Crippen molar-refractivity contribution in [1.82, 2.24) is 9.55 Å². The van der Waals surface area contributed by atoms with Gasteiger partial charge >= 0.3 is 11.7 Å². The van der Waals surface area contributed by atoms with E-state index in [1.54, 1.807) is 44.2 Å². The van der Waals surface area contributed by atoms with Crippen LogP contribution in [-0.2, 0) is 9.47 Å². The highest BCUT2D eigenvalue weighted by molar-refractivity contribution is 5.89. The van der Waals surface area contributed by atoms with Gasteiger partial charge in [0, 0.05) is 17.7 Å². The number of hydrogen-bond acceptors (Lipinski definition) is 6. The summed E-state index contributed by atoms with van der Waals surface area (Å²) in [5.74, 6) is -0.833. The number of esters is 1. The van der Waals surface area contributed by atoms with Crippen LogP contribution in [-0.4, -0.2) is 39.4 Å². The molecule has 138 valence electrons. The molecule has 1 aromatic carbocycles. The Morgan fingerprint density at radius 2 is 2.00 bits per heavy atom. The molecule has 1 saturated heterocycles. The molecule has 1 fully saturated rings. The van der Waals surface area contributed by atoms with E-state index >= 15 is 0 Å². The second kappa shape index (κ2) is 7.27. The van der Waals surface area contributed by atoms with Gasteiger partial charge in [-0.05, 0) is 19.1 Å². The van der Waals surface area contributed by atoms with Gasteiger partial charge in [-0.3, -0.25) is 14.3 Å². The van der Waals surface area contributed by atoms with Crippen molar-refractivity contribution in [2.75, 3.05) is 6.61 Å². The number of carbonyl (C=O) groups excluding carboxylic acids is 1. The van der Waals surface area contributed by atoms with Crippen LogP contribution in [0.25, 0.3) is 0 Å². The molecule has 4 atom stereocenters. The Hall–Kier alpha value is -2.71. The van der Waals surface area contributed by atoms with Gasteiger partial charge < -0.3 is 14.6 Å². The molecule has 1 aromatic heterocycles. The minimum absolute atomic E-state index is 0.180. The van der Waals surface area contributed by atoms with Crippen LogP contribution < -0.4 is 11.2 Å². The predicted molar refractivity (Wildman–Crippen MR) is 91.9 cm³/mol. The third-order valence-electron chi connectivity index (χ3n) is 4.39. The highest BCUT2D eigenvalue weighted by Gasteiger charge is 2.41. The molecule has 2 N–H and O–H groups in total. The summed E-state index contributed by atoms with van der Waals surface area (Å²) >= 11 is 0. The fourth-order valence-electron chi connectivity index (χ4n) is 2.91. The lowest BCUT2D eigenvalue weighted by Gasteiger charge is -2.38. The molecule has 0 spiro atoms. The summed E-state index contributed by atoms with van der Waals surface area (Å²) < 4.78 is 12.2. The first-order chi connectivity index (χ1) is 12.4. The number of hydrogen-bond donors (Lipinski definition) is 2. The molecule has 2 aromatic rings. The minimum Gasteiger partial charge on any atom is -0.455 e. The number of nitrogens with one attached hydrogen (secondary N) is 1. The van der Waals surface area contributed by atoms with Gasteiger partial charge in [0.2, 0.25) is 0 Å². The minimum atomic E-state index is -1.27. The van der Waals surface area contributed by atoms with Gasteiger partial charge in [0.25, 0.3) is 5.56 Å². The monoisotopic (exact) mass is 360 g/mol. The van der Waals surface area contributed by atoms with Crippen molar-refractivity contribution >= 4 is 5.97 Å². The average Bonchev–Trinajstić information content (AvgIpc) is 2.63. The van der Waals surface area contributed by atoms with Crippen LogP contribution in [0.5, 0.6) is 0 Å². The smallest absolute Gasteiger partial charge is 0.338 e. The van der Waals surface area contributed by atoms with Crippen LogP contribution in [0, 0.1) is 12.8 Å². The van der Waals surface area contributed by atoms with E-state index in [1.165, 1.54) is 6.20 Å². The van der Waals surface area contributed by atoms with E-state index in [0.29, 0.717) is 11.1 Å². The Bertz CT molecular complexity index is 904. The van der Waals surface area contributed by atoms with E-state index < -0.39 is 35.7 Å². The number of H-pyrrole nitrogens is 1. The predicted octanol–water partition coefficient (Wildman–Crippen LogP) is 0.596. The zero-order valence-corrected chi connectivity index (χ0v) is 14.4. The summed E-state index contributed by atoms with van der Waals surface area (Å²) in [6.45, 7) is 3.50. The maximum absolute atomic E-state index is 12.3. The highest BCUT2D eigenvalue weighted by Crippen LogP contribution is 2.29. The van der Waals surface area contributed by atoms with Crippen molar-refractivity contribution in [3.63, 3.8) is 0 Å². The molecule has 2 heterocycles. The van der Waals surface area contributed by atoms with Crippen LogP contribution in [0.1, 0.15) is 29.1 Å². The second-order valence-electron chi connectivity index (χ2n) is 6.41. The summed E-state index contributed by atoms with van der Waals surface area (Å²) in [6.07, 6.45) is -1.88. The van der Waals surface area contributed by atoms with Gasteiger partial charge in [0.05, 0.1) is 12.2 Å². The number of aromatic nitrogens is 2. The maximum Gasteiger partial charge on any atom is 0.338 e. The zero-order chi connectivity index (χ0) is 18.8. The summed E-state index contributed by atoms with van der Waals surface area (Å²) in [5.41, 5.74) is -0.534. The number of aromatic amines is 1. The number of ether oxygens (including phenoxy) is 2. The van der Waals surface area contributed by atoms with E-state index in [4.69, 9.17) is 9.47 Å². The highest BCUT2D eigenvalue weighted by atomic mass is 16.6. The van der Waals surface area contributed by atoms with Crippen molar-refractivity contribution < 1.29 is 19.4 Å². The van der Waals surface area contributed by atoms with Gasteiger partial charge in [-0.15, -0.1) is 0 Å². The molecular weight excluding hydrogens is 340 g/mol. The maximum atomic E-state index is 12.3. The number of aliphatic hydroxyl groups excluding tert-OH is 1. The Balaban J connectivity index is 1.86. The van der Waals surface area contributed by atoms with Gasteiger partial charge in [0.15, 0.2) is 6.23 Å². The van der Waals surface area contributed by atoms with Gasteiger partial charge in [0.1, 0.15) is 12.2 Å². The van der Waals surface area contributed by atoms with Gasteiger partial charge in [-0.2, -0.15) is 0 Å². The molecule has 8 heteroatoms. The molecule has 0 amide bonds. The normalized spacial score (nSPS) is 25.7. The molecule has 3 rings (SSSR count). The number of nitrogens with zero attached hydrogens (tertiary/aromatic N) is 1. The lowest BCUT2D eigenvalue weighted by atomic mass is 9.96. The van der Waals surface area contributed by atoms with E-state index in [1.807, 2.05) is 0 Å². The van der Waals surface area contributed by atoms with Crippen LogP contribution in [0.15, 0.2) is 46.1 Å². The SMILES string of the molecule is Cc1cn(C2OC[C@H](C)[C@H](OC(=O)c3ccccc3)[C@H]2O)c(=O)[nH]c1=O. The Morgan fingerprint density at radius 3 is 2.69 bits per heavy atom. The quantitative estimate of drug-likeness (QED) is 0.776. The van der Waals surface area contributed by atoms with E-state index in [0.717, 1.165) is 4.57 Å². The van der Waals surface area contributed by atoms with Crippen molar-refractivity contribution in [1.29, 1.82) is 0 Å². The molecule has 0 bridgehead atoms. The molecule has 1 aliphatic rings. The van der Waals surface area contributed by atoms with Gasteiger partial charge in [-0.25, -0.2) is 9.59 Å². The number of aliphatic hydroxyl groups is 1. The number of rotatable bonds is 3. The molecular formula is C18H20N2O6. The Labute approximate surface area is 149 Å².